The average Bonchev–Trinajstić information content (AvgIpc) is 2.62. The second-order valence-corrected chi connectivity index (χ2v) is 7.06. The Hall–Kier alpha value is -1.60. The number of carboxylic acids is 1. The van der Waals surface area contributed by atoms with Gasteiger partial charge in [-0.1, -0.05) is 44.8 Å². The predicted octanol–water partition coefficient (Wildman–Crippen LogP) is 1.81. The molecule has 1 fully saturated rings. The number of guanidine groups is 1. The molecule has 0 bridgehead atoms. The van der Waals surface area contributed by atoms with Crippen molar-refractivity contribution >= 4 is 11.9 Å². The Labute approximate surface area is 157 Å². The van der Waals surface area contributed by atoms with Crippen LogP contribution in [0.5, 0.6) is 0 Å². The summed E-state index contributed by atoms with van der Waals surface area (Å²) in [5.41, 5.74) is 7.09. The molecule has 7 nitrogen and oxygen atoms in total. The van der Waals surface area contributed by atoms with Crippen molar-refractivity contribution in [1.82, 2.24) is 16.0 Å². The van der Waals surface area contributed by atoms with E-state index < -0.39 is 12.0 Å². The van der Waals surface area contributed by atoms with Gasteiger partial charge in [0.1, 0.15) is 6.04 Å². The molecule has 0 saturated carbocycles. The number of aliphatic carboxylic acids is 1. The van der Waals surface area contributed by atoms with Crippen LogP contribution in [0.15, 0.2) is 16.6 Å². The van der Waals surface area contributed by atoms with Gasteiger partial charge in [0.2, 0.25) is 0 Å². The van der Waals surface area contributed by atoms with Crippen LogP contribution in [0, 0.1) is 5.92 Å². The Bertz CT molecular complexity index is 479. The molecular weight excluding hydrogens is 330 g/mol. The Kier molecular flexibility index (Phi) is 11.0. The van der Waals surface area contributed by atoms with Crippen LogP contribution in [-0.4, -0.2) is 48.9 Å². The Morgan fingerprint density at radius 1 is 1.38 bits per heavy atom. The second-order valence-electron chi connectivity index (χ2n) is 7.06. The Balaban J connectivity index is 2.59. The number of nitrogens with two attached hydrogens (primary N) is 1. The summed E-state index contributed by atoms with van der Waals surface area (Å²) in [5, 5.41) is 18.9. The third kappa shape index (κ3) is 8.67. The van der Waals surface area contributed by atoms with Gasteiger partial charge in [0.05, 0.1) is 0 Å². The summed E-state index contributed by atoms with van der Waals surface area (Å²) in [4.78, 5) is 15.9. The van der Waals surface area contributed by atoms with Gasteiger partial charge in [-0.15, -0.1) is 0 Å². The van der Waals surface area contributed by atoms with Crippen molar-refractivity contribution in [1.29, 1.82) is 0 Å². The van der Waals surface area contributed by atoms with Gasteiger partial charge in [-0.3, -0.25) is 4.99 Å². The lowest BCUT2D eigenvalue weighted by atomic mass is 10.00. The molecule has 1 heterocycles. The number of rotatable bonds is 11. The predicted molar refractivity (Wildman–Crippen MR) is 107 cm³/mol. The van der Waals surface area contributed by atoms with E-state index in [1.807, 2.05) is 0 Å². The first kappa shape index (κ1) is 22.4. The minimum Gasteiger partial charge on any atom is -0.479 e. The topological polar surface area (TPSA) is 112 Å². The van der Waals surface area contributed by atoms with Gasteiger partial charge in [-0.25, -0.2) is 4.79 Å². The number of aliphatic imine (C=N–C) groups is 1. The normalized spacial score (nSPS) is 22.9. The fourth-order valence-electron chi connectivity index (χ4n) is 3.04. The minimum atomic E-state index is -0.933. The van der Waals surface area contributed by atoms with E-state index in [1.54, 1.807) is 6.08 Å². The molecule has 3 atom stereocenters. The van der Waals surface area contributed by atoms with E-state index in [-0.39, 0.29) is 5.96 Å². The van der Waals surface area contributed by atoms with Crippen LogP contribution in [0.1, 0.15) is 59.3 Å². The first-order chi connectivity index (χ1) is 12.5. The summed E-state index contributed by atoms with van der Waals surface area (Å²) in [7, 11) is 0. The van der Waals surface area contributed by atoms with Gasteiger partial charge in [0.15, 0.2) is 5.96 Å². The highest BCUT2D eigenvalue weighted by atomic mass is 16.4. The molecule has 1 rings (SSSR count). The standard InChI is InChI=1S/C19H37N5O2/c1-4-6-7-8-9-15(5-2)10-17(18(25)26)24-19(20)22-12-16-11-21-13-23-14(16)3/h10,14,16-17,21,23H,4-9,11-13H2,1-3H3,(H,25,26)(H3,20,22,24)/b15-10-. The van der Waals surface area contributed by atoms with Crippen molar-refractivity contribution in [3.8, 4) is 0 Å². The number of hydrogen-bond donors (Lipinski definition) is 5. The smallest absolute Gasteiger partial charge is 0.330 e. The zero-order valence-corrected chi connectivity index (χ0v) is 16.6. The number of allylic oxidation sites excluding steroid dienone is 1. The summed E-state index contributed by atoms with van der Waals surface area (Å²) in [5.74, 6) is -0.405. The van der Waals surface area contributed by atoms with Crippen molar-refractivity contribution in [3.05, 3.63) is 11.6 Å². The van der Waals surface area contributed by atoms with Crippen LogP contribution < -0.4 is 21.7 Å². The summed E-state index contributed by atoms with van der Waals surface area (Å²) >= 11 is 0. The minimum absolute atomic E-state index is 0.188. The first-order valence-electron chi connectivity index (χ1n) is 9.90. The van der Waals surface area contributed by atoms with E-state index in [1.165, 1.54) is 19.3 Å². The summed E-state index contributed by atoms with van der Waals surface area (Å²) in [6.45, 7) is 8.62. The van der Waals surface area contributed by atoms with E-state index in [0.29, 0.717) is 18.5 Å². The van der Waals surface area contributed by atoms with Crippen LogP contribution in [0.2, 0.25) is 0 Å². The van der Waals surface area contributed by atoms with Crippen LogP contribution >= 0.6 is 0 Å². The number of nitrogens with zero attached hydrogens (tertiary/aromatic N) is 1. The van der Waals surface area contributed by atoms with Crippen LogP contribution in [0.4, 0.5) is 0 Å². The Morgan fingerprint density at radius 3 is 2.77 bits per heavy atom. The summed E-state index contributed by atoms with van der Waals surface area (Å²) in [6, 6.07) is -0.474. The zero-order chi connectivity index (χ0) is 19.4. The monoisotopic (exact) mass is 367 g/mol. The van der Waals surface area contributed by atoms with Gasteiger partial charge in [0, 0.05) is 31.7 Å². The molecule has 150 valence electrons. The highest BCUT2D eigenvalue weighted by Gasteiger charge is 2.20. The van der Waals surface area contributed by atoms with Crippen molar-refractivity contribution in [2.45, 2.75) is 71.4 Å². The van der Waals surface area contributed by atoms with Gasteiger partial charge < -0.3 is 26.8 Å². The van der Waals surface area contributed by atoms with E-state index in [9.17, 15) is 9.90 Å². The van der Waals surface area contributed by atoms with Crippen LogP contribution in [0.25, 0.3) is 0 Å². The summed E-state index contributed by atoms with van der Waals surface area (Å²) < 4.78 is 0. The zero-order valence-electron chi connectivity index (χ0n) is 16.6. The molecule has 0 radical (unpaired) electrons. The van der Waals surface area contributed by atoms with Gasteiger partial charge in [-0.2, -0.15) is 0 Å². The lowest BCUT2D eigenvalue weighted by Gasteiger charge is -2.29. The fraction of sp³-hybridized carbons (Fsp3) is 0.789. The molecule has 0 spiro atoms. The molecule has 6 N–H and O–H groups in total. The van der Waals surface area contributed by atoms with Crippen molar-refractivity contribution in [2.75, 3.05) is 19.8 Å². The average molecular weight is 368 g/mol. The number of carbonyl (C=O) groups is 1. The van der Waals surface area contributed by atoms with E-state index >= 15 is 0 Å². The lowest BCUT2D eigenvalue weighted by Crippen LogP contribution is -2.51. The lowest BCUT2D eigenvalue weighted by molar-refractivity contribution is -0.137. The molecule has 1 aliphatic heterocycles. The molecule has 1 saturated heterocycles. The van der Waals surface area contributed by atoms with Crippen LogP contribution in [0.3, 0.4) is 0 Å². The number of carboxylic acid groups (broad SMARTS) is 1. The highest BCUT2D eigenvalue weighted by molar-refractivity contribution is 5.86. The number of nitrogens with one attached hydrogen (secondary N) is 3. The van der Waals surface area contributed by atoms with Gasteiger partial charge >= 0.3 is 5.97 Å². The van der Waals surface area contributed by atoms with Crippen molar-refractivity contribution in [3.63, 3.8) is 0 Å². The largest absolute Gasteiger partial charge is 0.479 e. The molecule has 0 aromatic rings. The Morgan fingerprint density at radius 2 is 2.15 bits per heavy atom. The maximum atomic E-state index is 11.6. The van der Waals surface area contributed by atoms with Gasteiger partial charge in [-0.05, 0) is 26.2 Å². The molecule has 7 heteroatoms. The maximum Gasteiger partial charge on any atom is 0.330 e. The summed E-state index contributed by atoms with van der Waals surface area (Å²) in [6.07, 6.45) is 8.29. The molecule has 0 amide bonds. The number of unbranched alkanes of at least 4 members (excludes halogenated alkanes) is 3. The van der Waals surface area contributed by atoms with Gasteiger partial charge in [0.25, 0.3) is 0 Å². The van der Waals surface area contributed by atoms with E-state index in [2.05, 4.69) is 41.7 Å². The van der Waals surface area contributed by atoms with Crippen molar-refractivity contribution in [2.24, 2.45) is 16.6 Å². The fourth-order valence-corrected chi connectivity index (χ4v) is 3.04. The molecule has 26 heavy (non-hydrogen) atoms. The second kappa shape index (κ2) is 12.7. The first-order valence-corrected chi connectivity index (χ1v) is 9.90. The number of hydrogen-bond acceptors (Lipinski definition) is 4. The molecule has 0 aromatic carbocycles. The maximum absolute atomic E-state index is 11.6. The third-order valence-corrected chi connectivity index (χ3v) is 4.94. The highest BCUT2D eigenvalue weighted by Crippen LogP contribution is 2.14. The van der Waals surface area contributed by atoms with Crippen LogP contribution in [-0.2, 0) is 4.79 Å². The molecule has 1 aliphatic rings. The molecule has 0 aliphatic carbocycles. The van der Waals surface area contributed by atoms with E-state index in [4.69, 9.17) is 5.73 Å². The van der Waals surface area contributed by atoms with Crippen molar-refractivity contribution < 1.29 is 9.90 Å². The SMILES string of the molecule is CCCCCC/C(=C\C(NC(N)=NCC1CNCNC1C)C(=O)O)CC. The molecular formula is C19H37N5O2. The third-order valence-electron chi connectivity index (χ3n) is 4.94. The quantitative estimate of drug-likeness (QED) is 0.165. The van der Waals surface area contributed by atoms with E-state index in [0.717, 1.165) is 38.0 Å². The molecule has 3 unspecified atom stereocenters. The molecule has 0 aromatic heterocycles.